The summed E-state index contributed by atoms with van der Waals surface area (Å²) in [5.41, 5.74) is 8.45. The molecule has 184 valence electrons. The third kappa shape index (κ3) is 3.98. The Balaban J connectivity index is 1.24. The molecule has 0 amide bonds. The number of nitrogens with zero attached hydrogens (tertiary/aromatic N) is 5. The van der Waals surface area contributed by atoms with Gasteiger partial charge in [-0.15, -0.1) is 0 Å². The Labute approximate surface area is 218 Å². The number of rotatable bonds is 6. The lowest BCUT2D eigenvalue weighted by Crippen LogP contribution is -1.96. The number of fused-ring (bicyclic) bond motifs is 2. The minimum Gasteiger partial charge on any atom is -0.487 e. The van der Waals surface area contributed by atoms with Crippen molar-refractivity contribution in [3.05, 3.63) is 109 Å². The van der Waals surface area contributed by atoms with Crippen molar-refractivity contribution in [2.45, 2.75) is 13.5 Å². The zero-order valence-corrected chi connectivity index (χ0v) is 20.6. The van der Waals surface area contributed by atoms with E-state index in [1.54, 1.807) is 6.20 Å². The summed E-state index contributed by atoms with van der Waals surface area (Å²) in [6, 6.07) is 22.5. The van der Waals surface area contributed by atoms with E-state index in [-0.39, 0.29) is 0 Å². The van der Waals surface area contributed by atoms with Crippen LogP contribution in [0.25, 0.3) is 50.1 Å². The molecule has 5 aromatic heterocycles. The monoisotopic (exact) mass is 497 g/mol. The van der Waals surface area contributed by atoms with Crippen LogP contribution in [0.5, 0.6) is 5.75 Å². The standard InChI is InChI=1S/C30H23N7O/c1-19-16-37(18-33-19)28-9-5-8-26-24(28)12-27(34-26)29-25-11-22(14-32-30(25)36-35-29)21-10-23(15-31-13-21)38-17-20-6-3-2-4-7-20/h2-16,18,34H,17H2,1H3,(H,32,35,36). The fourth-order valence-corrected chi connectivity index (χ4v) is 4.71. The van der Waals surface area contributed by atoms with Crippen LogP contribution >= 0.6 is 0 Å². The Kier molecular flexibility index (Phi) is 5.21. The lowest BCUT2D eigenvalue weighted by molar-refractivity contribution is 0.305. The molecule has 2 N–H and O–H groups in total. The number of H-pyrrole nitrogens is 2. The molecule has 0 atom stereocenters. The Bertz CT molecular complexity index is 1900. The second-order valence-electron chi connectivity index (χ2n) is 9.22. The highest BCUT2D eigenvalue weighted by molar-refractivity contribution is 5.98. The summed E-state index contributed by atoms with van der Waals surface area (Å²) < 4.78 is 8.03. The van der Waals surface area contributed by atoms with Crippen LogP contribution in [0, 0.1) is 6.92 Å². The van der Waals surface area contributed by atoms with E-state index < -0.39 is 0 Å². The number of hydrogen-bond donors (Lipinski definition) is 2. The van der Waals surface area contributed by atoms with Crippen molar-refractivity contribution >= 4 is 21.9 Å². The highest BCUT2D eigenvalue weighted by Crippen LogP contribution is 2.33. The number of benzene rings is 2. The van der Waals surface area contributed by atoms with Crippen LogP contribution in [0.2, 0.25) is 0 Å². The van der Waals surface area contributed by atoms with E-state index in [4.69, 9.17) is 4.74 Å². The van der Waals surface area contributed by atoms with Gasteiger partial charge in [-0.1, -0.05) is 36.4 Å². The van der Waals surface area contributed by atoms with Crippen molar-refractivity contribution in [1.82, 2.24) is 34.7 Å². The van der Waals surface area contributed by atoms with Gasteiger partial charge in [-0.05, 0) is 42.8 Å². The van der Waals surface area contributed by atoms with E-state index in [0.29, 0.717) is 12.4 Å². The van der Waals surface area contributed by atoms with Gasteiger partial charge in [0.25, 0.3) is 0 Å². The van der Waals surface area contributed by atoms with E-state index in [0.717, 1.165) is 61.4 Å². The highest BCUT2D eigenvalue weighted by atomic mass is 16.5. The largest absolute Gasteiger partial charge is 0.487 e. The molecule has 7 rings (SSSR count). The van der Waals surface area contributed by atoms with E-state index in [1.807, 2.05) is 78.9 Å². The number of hydrogen-bond acceptors (Lipinski definition) is 5. The predicted octanol–water partition coefficient (Wildman–Crippen LogP) is 6.24. The minimum atomic E-state index is 0.482. The summed E-state index contributed by atoms with van der Waals surface area (Å²) in [4.78, 5) is 17.0. The number of pyridine rings is 2. The van der Waals surface area contributed by atoms with E-state index in [1.165, 1.54) is 0 Å². The summed E-state index contributed by atoms with van der Waals surface area (Å²) in [6.45, 7) is 2.47. The zero-order chi connectivity index (χ0) is 25.5. The molecule has 0 bridgehead atoms. The van der Waals surface area contributed by atoms with Gasteiger partial charge >= 0.3 is 0 Å². The first kappa shape index (κ1) is 22.0. The van der Waals surface area contributed by atoms with Crippen molar-refractivity contribution in [3.63, 3.8) is 0 Å². The molecule has 38 heavy (non-hydrogen) atoms. The summed E-state index contributed by atoms with van der Waals surface area (Å²) in [5, 5.41) is 9.69. The second kappa shape index (κ2) is 9.01. The van der Waals surface area contributed by atoms with Crippen molar-refractivity contribution < 1.29 is 4.74 Å². The normalized spacial score (nSPS) is 11.4. The van der Waals surface area contributed by atoms with Gasteiger partial charge in [-0.3, -0.25) is 10.1 Å². The Morgan fingerprint density at radius 1 is 0.868 bits per heavy atom. The molecule has 0 saturated heterocycles. The first-order valence-corrected chi connectivity index (χ1v) is 12.3. The molecule has 2 aromatic carbocycles. The fourth-order valence-electron chi connectivity index (χ4n) is 4.71. The van der Waals surface area contributed by atoms with E-state index >= 15 is 0 Å². The number of aromatic nitrogens is 7. The van der Waals surface area contributed by atoms with Crippen LogP contribution in [0.3, 0.4) is 0 Å². The lowest BCUT2D eigenvalue weighted by Gasteiger charge is -2.08. The van der Waals surface area contributed by atoms with Crippen molar-refractivity contribution in [2.75, 3.05) is 0 Å². The first-order chi connectivity index (χ1) is 18.7. The molecule has 5 heterocycles. The molecule has 0 fully saturated rings. The summed E-state index contributed by atoms with van der Waals surface area (Å²) in [5.74, 6) is 0.705. The molecule has 0 saturated carbocycles. The fraction of sp³-hybridized carbons (Fsp3) is 0.0667. The van der Waals surface area contributed by atoms with Gasteiger partial charge in [0.2, 0.25) is 0 Å². The highest BCUT2D eigenvalue weighted by Gasteiger charge is 2.15. The summed E-state index contributed by atoms with van der Waals surface area (Å²) in [6.07, 6.45) is 9.23. The molecule has 0 aliphatic rings. The SMILES string of the molecule is Cc1cn(-c2cccc3[nH]c(-c4n[nH]c5ncc(-c6cncc(OCc7ccccc7)c6)cc45)cc23)cn1. The van der Waals surface area contributed by atoms with Crippen molar-refractivity contribution in [1.29, 1.82) is 0 Å². The van der Waals surface area contributed by atoms with Crippen LogP contribution in [-0.2, 0) is 6.61 Å². The molecule has 0 unspecified atom stereocenters. The van der Waals surface area contributed by atoms with Gasteiger partial charge in [0, 0.05) is 46.0 Å². The van der Waals surface area contributed by atoms with Gasteiger partial charge in [0.15, 0.2) is 5.65 Å². The maximum absolute atomic E-state index is 5.99. The Morgan fingerprint density at radius 2 is 1.76 bits per heavy atom. The quantitative estimate of drug-likeness (QED) is 0.283. The number of aromatic amines is 2. The van der Waals surface area contributed by atoms with Gasteiger partial charge in [0.1, 0.15) is 18.1 Å². The summed E-state index contributed by atoms with van der Waals surface area (Å²) >= 11 is 0. The molecule has 8 heteroatoms. The van der Waals surface area contributed by atoms with Gasteiger partial charge in [-0.2, -0.15) is 5.10 Å². The molecular formula is C30H23N7O. The smallest absolute Gasteiger partial charge is 0.155 e. The van der Waals surface area contributed by atoms with Crippen LogP contribution in [0.4, 0.5) is 0 Å². The molecular weight excluding hydrogens is 474 g/mol. The van der Waals surface area contributed by atoms with Crippen LogP contribution in [0.15, 0.2) is 97.8 Å². The second-order valence-corrected chi connectivity index (χ2v) is 9.22. The molecule has 0 radical (unpaired) electrons. The average Bonchev–Trinajstić information content (AvgIpc) is 3.70. The Hall–Kier alpha value is -5.24. The number of nitrogens with one attached hydrogen (secondary N) is 2. The molecule has 8 nitrogen and oxygen atoms in total. The first-order valence-electron chi connectivity index (χ1n) is 12.3. The number of aryl methyl sites for hydroxylation is 1. The number of imidazole rings is 1. The van der Waals surface area contributed by atoms with E-state index in [9.17, 15) is 0 Å². The maximum Gasteiger partial charge on any atom is 0.155 e. The van der Waals surface area contributed by atoms with Gasteiger partial charge in [0.05, 0.1) is 29.6 Å². The maximum atomic E-state index is 5.99. The third-order valence-corrected chi connectivity index (χ3v) is 6.60. The van der Waals surface area contributed by atoms with Crippen LogP contribution < -0.4 is 4.74 Å². The lowest BCUT2D eigenvalue weighted by atomic mass is 10.1. The van der Waals surface area contributed by atoms with Crippen molar-refractivity contribution in [2.24, 2.45) is 0 Å². The topological polar surface area (TPSA) is 97.3 Å². The van der Waals surface area contributed by atoms with Crippen molar-refractivity contribution in [3.8, 4) is 34.0 Å². The minimum absolute atomic E-state index is 0.482. The molecule has 0 spiro atoms. The molecule has 0 aliphatic heterocycles. The summed E-state index contributed by atoms with van der Waals surface area (Å²) in [7, 11) is 0. The predicted molar refractivity (Wildman–Crippen MR) is 147 cm³/mol. The number of ether oxygens (including phenoxy) is 1. The van der Waals surface area contributed by atoms with Crippen LogP contribution in [-0.4, -0.2) is 34.7 Å². The zero-order valence-electron chi connectivity index (χ0n) is 20.6. The molecule has 0 aliphatic carbocycles. The van der Waals surface area contributed by atoms with Gasteiger partial charge < -0.3 is 14.3 Å². The molecule has 7 aromatic rings. The Morgan fingerprint density at radius 3 is 2.63 bits per heavy atom. The average molecular weight is 498 g/mol. The van der Waals surface area contributed by atoms with Crippen LogP contribution in [0.1, 0.15) is 11.3 Å². The van der Waals surface area contributed by atoms with Gasteiger partial charge in [-0.25, -0.2) is 9.97 Å². The van der Waals surface area contributed by atoms with E-state index in [2.05, 4.69) is 54.4 Å². The third-order valence-electron chi connectivity index (χ3n) is 6.60.